The Bertz CT molecular complexity index is 665. The average molecular weight is 289 g/mol. The third kappa shape index (κ3) is 3.10. The molecule has 0 radical (unpaired) electrons. The van der Waals surface area contributed by atoms with Crippen molar-refractivity contribution in [2.24, 2.45) is 0 Å². The highest BCUT2D eigenvalue weighted by Crippen LogP contribution is 2.31. The summed E-state index contributed by atoms with van der Waals surface area (Å²) in [5, 5.41) is 0. The minimum absolute atomic E-state index is 0.204. The van der Waals surface area contributed by atoms with Crippen LogP contribution in [0.1, 0.15) is 29.8 Å². The number of carbonyl (C=O) groups excluding carboxylic acids is 1. The fraction of sp³-hybridized carbons (Fsp3) is 0.235. The van der Waals surface area contributed by atoms with Crippen molar-refractivity contribution in [2.75, 3.05) is 11.4 Å². The number of ketones is 1. The van der Waals surface area contributed by atoms with E-state index in [9.17, 15) is 13.6 Å². The van der Waals surface area contributed by atoms with Crippen molar-refractivity contribution in [2.45, 2.75) is 20.8 Å². The SMILES string of the molecule is CCN(c1ccc(F)cc1)c1cc(C)c(F)cc1C(C)=O. The zero-order valence-corrected chi connectivity index (χ0v) is 12.3. The highest BCUT2D eigenvalue weighted by molar-refractivity contribution is 6.00. The molecule has 0 saturated heterocycles. The first-order chi connectivity index (χ1) is 9.93. The maximum Gasteiger partial charge on any atom is 0.162 e. The number of hydrogen-bond donors (Lipinski definition) is 0. The highest BCUT2D eigenvalue weighted by Gasteiger charge is 2.17. The number of nitrogens with zero attached hydrogens (tertiary/aromatic N) is 1. The molecule has 4 heteroatoms. The minimum Gasteiger partial charge on any atom is -0.341 e. The first kappa shape index (κ1) is 15.2. The highest BCUT2D eigenvalue weighted by atomic mass is 19.1. The van der Waals surface area contributed by atoms with Gasteiger partial charge in [-0.15, -0.1) is 0 Å². The molecule has 0 saturated carbocycles. The van der Waals surface area contributed by atoms with Crippen LogP contribution in [0.5, 0.6) is 0 Å². The van der Waals surface area contributed by atoms with Crippen LogP contribution in [0.2, 0.25) is 0 Å². The van der Waals surface area contributed by atoms with Gasteiger partial charge in [0.15, 0.2) is 5.78 Å². The molecule has 21 heavy (non-hydrogen) atoms. The summed E-state index contributed by atoms with van der Waals surface area (Å²) in [5.74, 6) is -0.930. The number of anilines is 2. The van der Waals surface area contributed by atoms with Crippen molar-refractivity contribution in [1.29, 1.82) is 0 Å². The Morgan fingerprint density at radius 1 is 1.14 bits per heavy atom. The second-order valence-electron chi connectivity index (χ2n) is 4.90. The van der Waals surface area contributed by atoms with Crippen LogP contribution in [0, 0.1) is 18.6 Å². The molecule has 0 atom stereocenters. The molecule has 0 aliphatic heterocycles. The largest absolute Gasteiger partial charge is 0.341 e. The van der Waals surface area contributed by atoms with Crippen LogP contribution in [0.15, 0.2) is 36.4 Å². The normalized spacial score (nSPS) is 10.5. The van der Waals surface area contributed by atoms with Crippen molar-refractivity contribution in [3.05, 3.63) is 59.2 Å². The Labute approximate surface area is 123 Å². The van der Waals surface area contributed by atoms with Crippen LogP contribution in [0.4, 0.5) is 20.2 Å². The number of rotatable bonds is 4. The summed E-state index contributed by atoms with van der Waals surface area (Å²) in [6, 6.07) is 8.92. The first-order valence-electron chi connectivity index (χ1n) is 6.78. The molecule has 0 aromatic heterocycles. The smallest absolute Gasteiger partial charge is 0.162 e. The monoisotopic (exact) mass is 289 g/mol. The van der Waals surface area contributed by atoms with Gasteiger partial charge in [0.1, 0.15) is 11.6 Å². The minimum atomic E-state index is -0.404. The fourth-order valence-electron chi connectivity index (χ4n) is 2.28. The van der Waals surface area contributed by atoms with Crippen molar-refractivity contribution in [3.63, 3.8) is 0 Å². The Hall–Kier alpha value is -2.23. The van der Waals surface area contributed by atoms with Crippen molar-refractivity contribution in [3.8, 4) is 0 Å². The first-order valence-corrected chi connectivity index (χ1v) is 6.78. The molecule has 0 fully saturated rings. The van der Waals surface area contributed by atoms with Gasteiger partial charge in [-0.2, -0.15) is 0 Å². The Balaban J connectivity index is 2.58. The average Bonchev–Trinajstić information content (AvgIpc) is 2.45. The lowest BCUT2D eigenvalue weighted by atomic mass is 10.0. The molecule has 110 valence electrons. The van der Waals surface area contributed by atoms with Gasteiger partial charge in [0.05, 0.1) is 5.69 Å². The van der Waals surface area contributed by atoms with Crippen LogP contribution in [-0.2, 0) is 0 Å². The molecule has 2 aromatic carbocycles. The zero-order chi connectivity index (χ0) is 15.6. The van der Waals surface area contributed by atoms with E-state index in [1.165, 1.54) is 25.1 Å². The second kappa shape index (κ2) is 6.04. The van der Waals surface area contributed by atoms with E-state index in [4.69, 9.17) is 0 Å². The third-order valence-electron chi connectivity index (χ3n) is 3.40. The van der Waals surface area contributed by atoms with Crippen LogP contribution in [-0.4, -0.2) is 12.3 Å². The van der Waals surface area contributed by atoms with Crippen LogP contribution >= 0.6 is 0 Å². The van der Waals surface area contributed by atoms with Gasteiger partial charge in [-0.1, -0.05) is 0 Å². The van der Waals surface area contributed by atoms with Crippen molar-refractivity contribution in [1.82, 2.24) is 0 Å². The van der Waals surface area contributed by atoms with Crippen LogP contribution < -0.4 is 4.90 Å². The van der Waals surface area contributed by atoms with E-state index >= 15 is 0 Å². The van der Waals surface area contributed by atoms with Gasteiger partial charge in [0.25, 0.3) is 0 Å². The van der Waals surface area contributed by atoms with Gasteiger partial charge >= 0.3 is 0 Å². The molecule has 2 rings (SSSR count). The molecule has 0 unspecified atom stereocenters. The van der Waals surface area contributed by atoms with E-state index < -0.39 is 5.82 Å². The number of hydrogen-bond acceptors (Lipinski definition) is 2. The molecule has 0 bridgehead atoms. The molecule has 0 aliphatic rings. The molecule has 0 aliphatic carbocycles. The molecular formula is C17H17F2NO. The Morgan fingerprint density at radius 3 is 2.29 bits per heavy atom. The summed E-state index contributed by atoms with van der Waals surface area (Å²) in [7, 11) is 0. The van der Waals surface area contributed by atoms with Crippen LogP contribution in [0.25, 0.3) is 0 Å². The van der Waals surface area contributed by atoms with E-state index in [1.54, 1.807) is 25.1 Å². The molecule has 0 amide bonds. The summed E-state index contributed by atoms with van der Waals surface area (Å²) >= 11 is 0. The maximum absolute atomic E-state index is 13.7. The van der Waals surface area contributed by atoms with E-state index in [1.807, 2.05) is 11.8 Å². The lowest BCUT2D eigenvalue weighted by molar-refractivity contribution is 0.101. The van der Waals surface area contributed by atoms with E-state index in [2.05, 4.69) is 0 Å². The van der Waals surface area contributed by atoms with Gasteiger partial charge in [-0.05, 0) is 62.7 Å². The molecule has 0 N–H and O–H groups in total. The number of halogens is 2. The quantitative estimate of drug-likeness (QED) is 0.765. The van der Waals surface area contributed by atoms with Crippen molar-refractivity contribution < 1.29 is 13.6 Å². The van der Waals surface area contributed by atoms with Crippen LogP contribution in [0.3, 0.4) is 0 Å². The van der Waals surface area contributed by atoms with E-state index in [-0.39, 0.29) is 11.6 Å². The summed E-state index contributed by atoms with van der Waals surface area (Å²) < 4.78 is 26.8. The topological polar surface area (TPSA) is 20.3 Å². The van der Waals surface area contributed by atoms with E-state index in [0.29, 0.717) is 23.4 Å². The molecule has 0 heterocycles. The number of benzene rings is 2. The van der Waals surface area contributed by atoms with E-state index in [0.717, 1.165) is 5.69 Å². The maximum atomic E-state index is 13.7. The molecular weight excluding hydrogens is 272 g/mol. The molecule has 0 spiro atoms. The number of carbonyl (C=O) groups is 1. The summed E-state index contributed by atoms with van der Waals surface area (Å²) in [6.07, 6.45) is 0. The molecule has 2 aromatic rings. The number of Topliss-reactive ketones (excluding diaryl/α,β-unsaturated/α-hetero) is 1. The van der Waals surface area contributed by atoms with Gasteiger partial charge < -0.3 is 4.90 Å². The Morgan fingerprint density at radius 2 is 1.76 bits per heavy atom. The molecule has 2 nitrogen and oxygen atoms in total. The van der Waals surface area contributed by atoms with Crippen molar-refractivity contribution >= 4 is 17.2 Å². The van der Waals surface area contributed by atoms with Gasteiger partial charge in [-0.25, -0.2) is 8.78 Å². The number of aryl methyl sites for hydroxylation is 1. The predicted molar refractivity (Wildman–Crippen MR) is 80.2 cm³/mol. The summed E-state index contributed by atoms with van der Waals surface area (Å²) in [5.41, 5.74) is 2.18. The fourth-order valence-corrected chi connectivity index (χ4v) is 2.28. The van der Waals surface area contributed by atoms with Gasteiger partial charge in [-0.3, -0.25) is 4.79 Å². The predicted octanol–water partition coefficient (Wildman–Crippen LogP) is 4.63. The lowest BCUT2D eigenvalue weighted by Crippen LogP contribution is -2.19. The lowest BCUT2D eigenvalue weighted by Gasteiger charge is -2.26. The third-order valence-corrected chi connectivity index (χ3v) is 3.40. The van der Waals surface area contributed by atoms with Gasteiger partial charge in [0, 0.05) is 17.8 Å². The summed E-state index contributed by atoms with van der Waals surface area (Å²) in [6.45, 7) is 5.57. The Kier molecular flexibility index (Phi) is 4.36. The zero-order valence-electron chi connectivity index (χ0n) is 12.3. The second-order valence-corrected chi connectivity index (χ2v) is 4.90. The van der Waals surface area contributed by atoms with Gasteiger partial charge in [0.2, 0.25) is 0 Å². The standard InChI is InChI=1S/C17H17F2NO/c1-4-20(14-7-5-13(18)6-8-14)17-9-11(2)16(19)10-15(17)12(3)21/h5-10H,4H2,1-3H3. The summed E-state index contributed by atoms with van der Waals surface area (Å²) in [4.78, 5) is 13.6.